The van der Waals surface area contributed by atoms with E-state index in [9.17, 15) is 0 Å². The highest BCUT2D eigenvalue weighted by atomic mass is 16.3. The second-order valence-corrected chi connectivity index (χ2v) is 12.5. The van der Waals surface area contributed by atoms with Gasteiger partial charge in [-0.15, -0.1) is 0 Å². The van der Waals surface area contributed by atoms with Gasteiger partial charge < -0.3 is 4.42 Å². The Kier molecular flexibility index (Phi) is 5.20. The predicted molar refractivity (Wildman–Crippen MR) is 208 cm³/mol. The number of furan rings is 1. The van der Waals surface area contributed by atoms with E-state index in [1.54, 1.807) is 6.07 Å². The molecule has 49 heavy (non-hydrogen) atoms. The van der Waals surface area contributed by atoms with Gasteiger partial charge in [0.05, 0.1) is 6.85 Å². The first-order valence-corrected chi connectivity index (χ1v) is 16.4. The van der Waals surface area contributed by atoms with Gasteiger partial charge in [-0.3, -0.25) is 0 Å². The van der Waals surface area contributed by atoms with Gasteiger partial charge in [-0.25, -0.2) is 0 Å². The standard InChI is InChI=1S/C48H30O/c1-2-12-31(13-3-1)36-26-27-44-43(30-36)48-42(22-11-23-45(48)49-44)47-40-20-8-6-18-38(40)46(39-19-7-9-21-41(39)47)37-17-10-16-34(29-37)35-25-24-32-14-4-5-15-33(32)28-35/h1-30H/i1D,2D,3D,12D,13D. The topological polar surface area (TPSA) is 13.1 Å². The van der Waals surface area contributed by atoms with Gasteiger partial charge in [0.15, 0.2) is 0 Å². The van der Waals surface area contributed by atoms with Crippen LogP contribution in [0.1, 0.15) is 6.85 Å². The molecule has 10 rings (SSSR count). The molecule has 0 N–H and O–H groups in total. The van der Waals surface area contributed by atoms with Crippen molar-refractivity contribution in [3.8, 4) is 44.5 Å². The lowest BCUT2D eigenvalue weighted by molar-refractivity contribution is 0.669. The van der Waals surface area contributed by atoms with Gasteiger partial charge >= 0.3 is 0 Å². The summed E-state index contributed by atoms with van der Waals surface area (Å²) in [6, 6.07) is 51.0. The van der Waals surface area contributed by atoms with Crippen molar-refractivity contribution in [2.45, 2.75) is 0 Å². The summed E-state index contributed by atoms with van der Waals surface area (Å²) < 4.78 is 48.4. The summed E-state index contributed by atoms with van der Waals surface area (Å²) in [6.07, 6.45) is 0. The van der Waals surface area contributed by atoms with Crippen LogP contribution in [0.2, 0.25) is 0 Å². The maximum Gasteiger partial charge on any atom is 0.136 e. The minimum atomic E-state index is -0.409. The zero-order valence-corrected chi connectivity index (χ0v) is 26.3. The van der Waals surface area contributed by atoms with Gasteiger partial charge in [-0.1, -0.05) is 152 Å². The molecule has 1 aromatic heterocycles. The molecule has 0 aliphatic heterocycles. The smallest absolute Gasteiger partial charge is 0.136 e. The molecule has 0 spiro atoms. The number of hydrogen-bond acceptors (Lipinski definition) is 1. The average molecular weight is 628 g/mol. The Morgan fingerprint density at radius 1 is 0.367 bits per heavy atom. The molecule has 0 saturated carbocycles. The monoisotopic (exact) mass is 627 g/mol. The fourth-order valence-corrected chi connectivity index (χ4v) is 7.54. The summed E-state index contributed by atoms with van der Waals surface area (Å²) in [6.45, 7) is 0. The van der Waals surface area contributed by atoms with E-state index >= 15 is 0 Å². The second kappa shape index (κ2) is 11.1. The summed E-state index contributed by atoms with van der Waals surface area (Å²) in [7, 11) is 0. The number of hydrogen-bond donors (Lipinski definition) is 0. The zero-order chi connectivity index (χ0) is 36.7. The molecule has 1 nitrogen and oxygen atoms in total. The van der Waals surface area contributed by atoms with E-state index in [-0.39, 0.29) is 29.7 Å². The largest absolute Gasteiger partial charge is 0.456 e. The van der Waals surface area contributed by atoms with E-state index in [2.05, 4.69) is 121 Å². The first-order valence-electron chi connectivity index (χ1n) is 18.9. The van der Waals surface area contributed by atoms with Crippen molar-refractivity contribution >= 4 is 54.3 Å². The summed E-state index contributed by atoms with van der Waals surface area (Å²) in [5.41, 5.74) is 8.77. The lowest BCUT2D eigenvalue weighted by Gasteiger charge is -2.18. The van der Waals surface area contributed by atoms with Crippen molar-refractivity contribution in [1.29, 1.82) is 0 Å². The highest BCUT2D eigenvalue weighted by Gasteiger charge is 2.20. The highest BCUT2D eigenvalue weighted by molar-refractivity contribution is 6.25. The first kappa shape index (κ1) is 23.0. The molecule has 1 heteroatoms. The minimum Gasteiger partial charge on any atom is -0.456 e. The summed E-state index contributed by atoms with van der Waals surface area (Å²) in [5, 5.41) is 8.61. The molecule has 0 amide bonds. The van der Waals surface area contributed by atoms with Gasteiger partial charge in [-0.05, 0) is 107 Å². The van der Waals surface area contributed by atoms with E-state index in [1.165, 1.54) is 21.9 Å². The highest BCUT2D eigenvalue weighted by Crippen LogP contribution is 2.47. The molecule has 1 heterocycles. The third-order valence-electron chi connectivity index (χ3n) is 9.72. The first-order chi connectivity index (χ1) is 26.4. The van der Waals surface area contributed by atoms with E-state index in [4.69, 9.17) is 11.3 Å². The van der Waals surface area contributed by atoms with Gasteiger partial charge in [0.2, 0.25) is 0 Å². The number of rotatable bonds is 4. The molecule has 228 valence electrons. The van der Waals surface area contributed by atoms with Gasteiger partial charge in [-0.2, -0.15) is 0 Å². The zero-order valence-electron chi connectivity index (χ0n) is 31.3. The molecule has 0 aliphatic carbocycles. The predicted octanol–water partition coefficient (Wildman–Crippen LogP) is 13.7. The Labute approximate surface area is 291 Å². The Balaban J connectivity index is 1.23. The van der Waals surface area contributed by atoms with E-state index in [0.717, 1.165) is 54.6 Å². The SMILES string of the molecule is [2H]c1c([2H])c([2H])c(-c2ccc3oc4cccc(-c5c6ccccc6c(-c6cccc(-c7ccc8ccccc8c7)c6)c6ccccc56)c4c3c2)c([2H])c1[2H]. The van der Waals surface area contributed by atoms with E-state index in [0.29, 0.717) is 16.7 Å². The van der Waals surface area contributed by atoms with Crippen molar-refractivity contribution < 1.29 is 11.3 Å². The Bertz CT molecular complexity index is 3090. The molecule has 10 aromatic rings. The Morgan fingerprint density at radius 3 is 1.76 bits per heavy atom. The molecule has 0 saturated heterocycles. The summed E-state index contributed by atoms with van der Waals surface area (Å²) in [5.74, 6) is 0. The normalized spacial score (nSPS) is 13.1. The van der Waals surface area contributed by atoms with Crippen molar-refractivity contribution in [1.82, 2.24) is 0 Å². The third-order valence-corrected chi connectivity index (χ3v) is 9.72. The number of benzene rings is 9. The molecule has 0 aliphatic rings. The van der Waals surface area contributed by atoms with Crippen LogP contribution in [0.5, 0.6) is 0 Å². The van der Waals surface area contributed by atoms with Gasteiger partial charge in [0.25, 0.3) is 0 Å². The maximum atomic E-state index is 8.65. The van der Waals surface area contributed by atoms with Crippen LogP contribution in [-0.2, 0) is 0 Å². The van der Waals surface area contributed by atoms with Crippen LogP contribution in [0.4, 0.5) is 0 Å². The molecule has 0 bridgehead atoms. The molecule has 0 radical (unpaired) electrons. The molecule has 0 fully saturated rings. The van der Waals surface area contributed by atoms with Crippen LogP contribution in [0.25, 0.3) is 98.8 Å². The van der Waals surface area contributed by atoms with Crippen LogP contribution in [0.3, 0.4) is 0 Å². The van der Waals surface area contributed by atoms with Crippen LogP contribution in [0, 0.1) is 0 Å². The maximum absolute atomic E-state index is 8.65. The number of fused-ring (bicyclic) bond motifs is 6. The van der Waals surface area contributed by atoms with Crippen LogP contribution in [-0.4, -0.2) is 0 Å². The fourth-order valence-electron chi connectivity index (χ4n) is 7.54. The summed E-state index contributed by atoms with van der Waals surface area (Å²) in [4.78, 5) is 0. The molecule has 0 unspecified atom stereocenters. The van der Waals surface area contributed by atoms with Crippen LogP contribution >= 0.6 is 0 Å². The Morgan fingerprint density at radius 2 is 0.980 bits per heavy atom. The van der Waals surface area contributed by atoms with Crippen molar-refractivity contribution in [3.05, 3.63) is 182 Å². The van der Waals surface area contributed by atoms with Crippen molar-refractivity contribution in [2.75, 3.05) is 0 Å². The van der Waals surface area contributed by atoms with Gasteiger partial charge in [0, 0.05) is 10.8 Å². The van der Waals surface area contributed by atoms with Crippen LogP contribution in [0.15, 0.2) is 186 Å². The lowest BCUT2D eigenvalue weighted by Crippen LogP contribution is -1.91. The van der Waals surface area contributed by atoms with Gasteiger partial charge in [0.1, 0.15) is 11.2 Å². The summed E-state index contributed by atoms with van der Waals surface area (Å²) >= 11 is 0. The molecular formula is C48H30O. The van der Waals surface area contributed by atoms with Crippen molar-refractivity contribution in [3.63, 3.8) is 0 Å². The molecule has 9 aromatic carbocycles. The van der Waals surface area contributed by atoms with Crippen molar-refractivity contribution in [2.24, 2.45) is 0 Å². The lowest BCUT2D eigenvalue weighted by atomic mass is 9.84. The molecule has 0 atom stereocenters. The Hall–Kier alpha value is -6.44. The van der Waals surface area contributed by atoms with E-state index < -0.39 is 6.04 Å². The average Bonchev–Trinajstić information content (AvgIpc) is 3.60. The third kappa shape index (κ3) is 4.47. The van der Waals surface area contributed by atoms with E-state index in [1.807, 2.05) is 24.3 Å². The van der Waals surface area contributed by atoms with Crippen LogP contribution < -0.4 is 0 Å². The minimum absolute atomic E-state index is 0.168. The second-order valence-electron chi connectivity index (χ2n) is 12.5. The fraction of sp³-hybridized carbons (Fsp3) is 0. The molecular weight excluding hydrogens is 593 g/mol. The quantitative estimate of drug-likeness (QED) is 0.177.